The van der Waals surface area contributed by atoms with Crippen LogP contribution in [0, 0.1) is 0 Å². The fourth-order valence-electron chi connectivity index (χ4n) is 2.04. The minimum Gasteiger partial charge on any atom is -0.369 e. The lowest BCUT2D eigenvalue weighted by atomic mass is 10.1. The molecule has 0 saturated carbocycles. The summed E-state index contributed by atoms with van der Waals surface area (Å²) in [5.74, 6) is 0.445. The molecule has 0 aliphatic carbocycles. The van der Waals surface area contributed by atoms with Gasteiger partial charge < -0.3 is 4.90 Å². The number of para-hydroxylation sites is 1. The summed E-state index contributed by atoms with van der Waals surface area (Å²) in [5, 5.41) is 1.46. The molecular formula is C15H14Cl3N. The predicted molar refractivity (Wildman–Crippen MR) is 84.6 cm³/mol. The first-order valence-corrected chi connectivity index (χ1v) is 7.20. The zero-order valence-electron chi connectivity index (χ0n) is 10.5. The Morgan fingerprint density at radius 3 is 2.32 bits per heavy atom. The van der Waals surface area contributed by atoms with Crippen LogP contribution in [-0.2, 0) is 12.4 Å². The summed E-state index contributed by atoms with van der Waals surface area (Å²) in [6.45, 7) is 0.755. The van der Waals surface area contributed by atoms with Crippen LogP contribution in [0.1, 0.15) is 11.1 Å². The fourth-order valence-corrected chi connectivity index (χ4v) is 2.72. The molecule has 1 nitrogen and oxygen atoms in total. The van der Waals surface area contributed by atoms with E-state index in [9.17, 15) is 0 Å². The molecule has 2 aromatic rings. The molecular weight excluding hydrogens is 301 g/mol. The van der Waals surface area contributed by atoms with Crippen LogP contribution in [-0.4, -0.2) is 7.05 Å². The predicted octanol–water partition coefficient (Wildman–Crippen LogP) is 5.37. The number of hydrogen-bond acceptors (Lipinski definition) is 1. The molecule has 100 valence electrons. The molecule has 19 heavy (non-hydrogen) atoms. The summed E-state index contributed by atoms with van der Waals surface area (Å²) in [6.07, 6.45) is 0. The van der Waals surface area contributed by atoms with Crippen molar-refractivity contribution < 1.29 is 0 Å². The minimum atomic E-state index is 0.445. The second kappa shape index (κ2) is 6.51. The Balaban J connectivity index is 2.24. The van der Waals surface area contributed by atoms with E-state index >= 15 is 0 Å². The molecule has 0 atom stereocenters. The van der Waals surface area contributed by atoms with Crippen LogP contribution in [0.5, 0.6) is 0 Å². The van der Waals surface area contributed by atoms with Crippen LogP contribution in [0.25, 0.3) is 0 Å². The van der Waals surface area contributed by atoms with Crippen LogP contribution in [0.15, 0.2) is 42.5 Å². The average Bonchev–Trinajstić information content (AvgIpc) is 2.40. The van der Waals surface area contributed by atoms with Gasteiger partial charge in [-0.3, -0.25) is 0 Å². The lowest BCUT2D eigenvalue weighted by Gasteiger charge is -2.23. The molecule has 2 aromatic carbocycles. The molecule has 0 radical (unpaired) electrons. The third-order valence-corrected chi connectivity index (χ3v) is 3.77. The van der Waals surface area contributed by atoms with E-state index in [1.807, 2.05) is 49.5 Å². The van der Waals surface area contributed by atoms with Crippen molar-refractivity contribution in [2.45, 2.75) is 12.4 Å². The third kappa shape index (κ3) is 3.56. The van der Waals surface area contributed by atoms with Crippen molar-refractivity contribution in [3.8, 4) is 0 Å². The number of rotatable bonds is 4. The van der Waals surface area contributed by atoms with Crippen molar-refractivity contribution in [3.63, 3.8) is 0 Å². The summed E-state index contributed by atoms with van der Waals surface area (Å²) >= 11 is 18.1. The highest BCUT2D eigenvalue weighted by atomic mass is 35.5. The summed E-state index contributed by atoms with van der Waals surface area (Å²) in [7, 11) is 2.01. The van der Waals surface area contributed by atoms with Gasteiger partial charge in [-0.1, -0.05) is 47.5 Å². The van der Waals surface area contributed by atoms with Gasteiger partial charge in [0.1, 0.15) is 0 Å². The topological polar surface area (TPSA) is 3.24 Å². The Kier molecular flexibility index (Phi) is 4.98. The van der Waals surface area contributed by atoms with E-state index in [1.54, 1.807) is 0 Å². The molecule has 0 bridgehead atoms. The Bertz CT molecular complexity index is 552. The van der Waals surface area contributed by atoms with E-state index < -0.39 is 0 Å². The second-order valence-corrected chi connectivity index (χ2v) is 5.47. The van der Waals surface area contributed by atoms with E-state index in [0.29, 0.717) is 5.88 Å². The molecule has 0 fully saturated rings. The smallest absolute Gasteiger partial charge is 0.0642 e. The van der Waals surface area contributed by atoms with Crippen molar-refractivity contribution in [2.24, 2.45) is 0 Å². The molecule has 0 N–H and O–H groups in total. The van der Waals surface area contributed by atoms with Crippen molar-refractivity contribution in [3.05, 3.63) is 63.6 Å². The molecule has 0 spiro atoms. The van der Waals surface area contributed by atoms with Crippen molar-refractivity contribution >= 4 is 40.5 Å². The molecule has 0 heterocycles. The summed E-state index contributed by atoms with van der Waals surface area (Å²) in [5.41, 5.74) is 3.19. The standard InChI is InChI=1S/C15H14Cl3N/c1-19(10-11-5-7-13(17)8-6-11)15-12(9-16)3-2-4-14(15)18/h2-8H,9-10H2,1H3. The quantitative estimate of drug-likeness (QED) is 0.686. The largest absolute Gasteiger partial charge is 0.369 e. The van der Waals surface area contributed by atoms with Crippen LogP contribution >= 0.6 is 34.8 Å². The molecule has 4 heteroatoms. The number of hydrogen-bond donors (Lipinski definition) is 0. The van der Waals surface area contributed by atoms with Gasteiger partial charge >= 0.3 is 0 Å². The summed E-state index contributed by atoms with van der Waals surface area (Å²) < 4.78 is 0. The molecule has 0 aromatic heterocycles. The van der Waals surface area contributed by atoms with E-state index in [-0.39, 0.29) is 0 Å². The zero-order valence-corrected chi connectivity index (χ0v) is 12.8. The first kappa shape index (κ1) is 14.5. The van der Waals surface area contributed by atoms with E-state index in [0.717, 1.165) is 27.8 Å². The van der Waals surface area contributed by atoms with Gasteiger partial charge in [0.15, 0.2) is 0 Å². The summed E-state index contributed by atoms with van der Waals surface area (Å²) in [4.78, 5) is 2.10. The molecule has 0 unspecified atom stereocenters. The lowest BCUT2D eigenvalue weighted by molar-refractivity contribution is 0.916. The van der Waals surface area contributed by atoms with Gasteiger partial charge in [-0.25, -0.2) is 0 Å². The van der Waals surface area contributed by atoms with Crippen LogP contribution < -0.4 is 4.90 Å². The Hall–Kier alpha value is -0.890. The van der Waals surface area contributed by atoms with Gasteiger partial charge in [0.25, 0.3) is 0 Å². The number of alkyl halides is 1. The van der Waals surface area contributed by atoms with Gasteiger partial charge in [0, 0.05) is 24.5 Å². The molecule has 0 aliphatic rings. The van der Waals surface area contributed by atoms with Gasteiger partial charge in [-0.05, 0) is 29.3 Å². The van der Waals surface area contributed by atoms with Crippen LogP contribution in [0.2, 0.25) is 10.0 Å². The van der Waals surface area contributed by atoms with Crippen molar-refractivity contribution in [1.82, 2.24) is 0 Å². The first-order valence-electron chi connectivity index (χ1n) is 5.90. The highest BCUT2D eigenvalue weighted by Crippen LogP contribution is 2.31. The lowest BCUT2D eigenvalue weighted by Crippen LogP contribution is -2.18. The van der Waals surface area contributed by atoms with Crippen LogP contribution in [0.4, 0.5) is 5.69 Å². The van der Waals surface area contributed by atoms with Crippen LogP contribution in [0.3, 0.4) is 0 Å². The van der Waals surface area contributed by atoms with Crippen molar-refractivity contribution in [2.75, 3.05) is 11.9 Å². The maximum atomic E-state index is 6.27. The zero-order chi connectivity index (χ0) is 13.8. The maximum Gasteiger partial charge on any atom is 0.0642 e. The van der Waals surface area contributed by atoms with Gasteiger partial charge in [-0.15, -0.1) is 11.6 Å². The fraction of sp³-hybridized carbons (Fsp3) is 0.200. The number of nitrogens with zero attached hydrogens (tertiary/aromatic N) is 1. The van der Waals surface area contributed by atoms with Gasteiger partial charge in [0.05, 0.1) is 10.7 Å². The Morgan fingerprint density at radius 1 is 1.00 bits per heavy atom. The third-order valence-electron chi connectivity index (χ3n) is 2.93. The first-order chi connectivity index (χ1) is 9.11. The highest BCUT2D eigenvalue weighted by Gasteiger charge is 2.11. The number of halogens is 3. The minimum absolute atomic E-state index is 0.445. The SMILES string of the molecule is CN(Cc1ccc(Cl)cc1)c1c(Cl)cccc1CCl. The molecule has 0 aliphatic heterocycles. The molecule has 2 rings (SSSR count). The Labute approximate surface area is 128 Å². The normalized spacial score (nSPS) is 10.5. The van der Waals surface area contributed by atoms with E-state index in [1.165, 1.54) is 5.56 Å². The second-order valence-electron chi connectivity index (χ2n) is 4.36. The average molecular weight is 315 g/mol. The molecule has 0 amide bonds. The number of anilines is 1. The van der Waals surface area contributed by atoms with E-state index in [2.05, 4.69) is 4.90 Å². The van der Waals surface area contributed by atoms with Gasteiger partial charge in [-0.2, -0.15) is 0 Å². The van der Waals surface area contributed by atoms with Crippen molar-refractivity contribution in [1.29, 1.82) is 0 Å². The monoisotopic (exact) mass is 313 g/mol. The summed E-state index contributed by atoms with van der Waals surface area (Å²) in [6, 6.07) is 13.6. The van der Waals surface area contributed by atoms with Gasteiger partial charge in [0.2, 0.25) is 0 Å². The molecule has 0 saturated heterocycles. The maximum absolute atomic E-state index is 6.27. The number of benzene rings is 2. The Morgan fingerprint density at radius 2 is 1.68 bits per heavy atom. The highest BCUT2D eigenvalue weighted by molar-refractivity contribution is 6.33. The van der Waals surface area contributed by atoms with E-state index in [4.69, 9.17) is 34.8 Å².